The van der Waals surface area contributed by atoms with Crippen molar-refractivity contribution < 1.29 is 0 Å². The second kappa shape index (κ2) is 2.80. The van der Waals surface area contributed by atoms with Gasteiger partial charge in [0.15, 0.2) is 5.65 Å². The SMILES string of the molecule is Clc1ncc2c(Cl)ncnc2n1. The van der Waals surface area contributed by atoms with E-state index in [2.05, 4.69) is 19.9 Å². The van der Waals surface area contributed by atoms with Crippen molar-refractivity contribution >= 4 is 34.2 Å². The molecule has 0 N–H and O–H groups in total. The van der Waals surface area contributed by atoms with Gasteiger partial charge in [0, 0.05) is 6.20 Å². The molecule has 0 saturated heterocycles. The van der Waals surface area contributed by atoms with E-state index in [0.29, 0.717) is 16.2 Å². The third-order valence-corrected chi connectivity index (χ3v) is 1.80. The van der Waals surface area contributed by atoms with Crippen LogP contribution in [0.5, 0.6) is 0 Å². The minimum absolute atomic E-state index is 0.150. The van der Waals surface area contributed by atoms with Crippen LogP contribution in [0.4, 0.5) is 0 Å². The van der Waals surface area contributed by atoms with Gasteiger partial charge in [0.05, 0.1) is 5.39 Å². The Balaban J connectivity index is 2.86. The number of hydrogen-bond donors (Lipinski definition) is 0. The van der Waals surface area contributed by atoms with Crippen molar-refractivity contribution in [2.75, 3.05) is 0 Å². The van der Waals surface area contributed by atoms with Gasteiger partial charge < -0.3 is 0 Å². The predicted molar refractivity (Wildman–Crippen MR) is 45.1 cm³/mol. The molecule has 0 saturated carbocycles. The summed E-state index contributed by atoms with van der Waals surface area (Å²) in [6.45, 7) is 0. The molecule has 12 heavy (non-hydrogen) atoms. The molecule has 0 atom stereocenters. The molecule has 0 aromatic carbocycles. The lowest BCUT2D eigenvalue weighted by Crippen LogP contribution is -1.89. The van der Waals surface area contributed by atoms with Gasteiger partial charge in [-0.05, 0) is 11.6 Å². The van der Waals surface area contributed by atoms with Gasteiger partial charge in [0.1, 0.15) is 11.5 Å². The molecule has 2 rings (SSSR count). The van der Waals surface area contributed by atoms with E-state index in [1.54, 1.807) is 0 Å². The van der Waals surface area contributed by atoms with E-state index < -0.39 is 0 Å². The Kier molecular flexibility index (Phi) is 1.78. The third-order valence-electron chi connectivity index (χ3n) is 1.31. The summed E-state index contributed by atoms with van der Waals surface area (Å²) in [5.41, 5.74) is 0.454. The number of hydrogen-bond acceptors (Lipinski definition) is 4. The third kappa shape index (κ3) is 1.19. The highest BCUT2D eigenvalue weighted by Crippen LogP contribution is 2.16. The zero-order valence-corrected chi connectivity index (χ0v) is 7.21. The molecule has 0 aliphatic heterocycles. The van der Waals surface area contributed by atoms with Crippen molar-refractivity contribution in [2.24, 2.45) is 0 Å². The summed E-state index contributed by atoms with van der Waals surface area (Å²) in [4.78, 5) is 15.3. The molecule has 4 nitrogen and oxygen atoms in total. The first-order valence-corrected chi connectivity index (χ1v) is 3.82. The first-order chi connectivity index (χ1) is 5.77. The molecule has 2 aromatic heterocycles. The zero-order chi connectivity index (χ0) is 8.55. The Bertz CT molecular complexity index is 431. The van der Waals surface area contributed by atoms with Crippen LogP contribution in [0.1, 0.15) is 0 Å². The van der Waals surface area contributed by atoms with E-state index >= 15 is 0 Å². The fraction of sp³-hybridized carbons (Fsp3) is 0. The van der Waals surface area contributed by atoms with Crippen LogP contribution in [0.15, 0.2) is 12.5 Å². The fourth-order valence-electron chi connectivity index (χ4n) is 0.800. The minimum Gasteiger partial charge on any atom is -0.226 e. The molecule has 0 fully saturated rings. The van der Waals surface area contributed by atoms with Gasteiger partial charge in [-0.25, -0.2) is 15.0 Å². The summed E-state index contributed by atoms with van der Waals surface area (Å²) < 4.78 is 0. The van der Waals surface area contributed by atoms with Crippen molar-refractivity contribution in [3.05, 3.63) is 23.0 Å². The summed E-state index contributed by atoms with van der Waals surface area (Å²) in [5, 5.41) is 1.08. The summed E-state index contributed by atoms with van der Waals surface area (Å²) in [6, 6.07) is 0. The van der Waals surface area contributed by atoms with Crippen molar-refractivity contribution in [1.82, 2.24) is 19.9 Å². The van der Waals surface area contributed by atoms with Crippen molar-refractivity contribution in [1.29, 1.82) is 0 Å². The second-order valence-corrected chi connectivity index (χ2v) is 2.74. The standard InChI is InChI=1S/C6H2Cl2N4/c7-4-3-1-9-6(8)12-5(3)11-2-10-4/h1-2H. The first-order valence-electron chi connectivity index (χ1n) is 3.06. The lowest BCUT2D eigenvalue weighted by Gasteiger charge is -1.95. The number of fused-ring (bicyclic) bond motifs is 1. The quantitative estimate of drug-likeness (QED) is 0.481. The molecule has 0 aliphatic carbocycles. The van der Waals surface area contributed by atoms with E-state index in [4.69, 9.17) is 23.2 Å². The maximum atomic E-state index is 5.74. The van der Waals surface area contributed by atoms with E-state index in [1.165, 1.54) is 12.5 Å². The number of nitrogens with zero attached hydrogens (tertiary/aromatic N) is 4. The Morgan fingerprint density at radius 1 is 1.08 bits per heavy atom. The largest absolute Gasteiger partial charge is 0.226 e. The van der Waals surface area contributed by atoms with Crippen LogP contribution < -0.4 is 0 Å². The van der Waals surface area contributed by atoms with Crippen LogP contribution in [0.2, 0.25) is 10.4 Å². The molecule has 60 valence electrons. The molecular weight excluding hydrogens is 199 g/mol. The maximum Gasteiger partial charge on any atom is 0.224 e. The van der Waals surface area contributed by atoms with Crippen LogP contribution in [0.3, 0.4) is 0 Å². The molecule has 2 aromatic rings. The molecular formula is C6H2Cl2N4. The van der Waals surface area contributed by atoms with E-state index in [9.17, 15) is 0 Å². The van der Waals surface area contributed by atoms with Gasteiger partial charge >= 0.3 is 0 Å². The Morgan fingerprint density at radius 2 is 1.92 bits per heavy atom. The molecule has 0 bridgehead atoms. The second-order valence-electron chi connectivity index (χ2n) is 2.04. The Labute approximate surface area is 77.6 Å². The molecule has 0 aliphatic rings. The van der Waals surface area contributed by atoms with Crippen LogP contribution in [0, 0.1) is 0 Å². The predicted octanol–water partition coefficient (Wildman–Crippen LogP) is 1.73. The van der Waals surface area contributed by atoms with E-state index in [1.807, 2.05) is 0 Å². The summed E-state index contributed by atoms with van der Waals surface area (Å²) in [6.07, 6.45) is 2.82. The fourth-order valence-corrected chi connectivity index (χ4v) is 1.11. The minimum atomic E-state index is 0.150. The normalized spacial score (nSPS) is 10.5. The van der Waals surface area contributed by atoms with Gasteiger partial charge in [0.25, 0.3) is 0 Å². The molecule has 0 radical (unpaired) electrons. The molecule has 6 heteroatoms. The van der Waals surface area contributed by atoms with Crippen LogP contribution >= 0.6 is 23.2 Å². The molecule has 2 heterocycles. The number of halogens is 2. The summed E-state index contributed by atoms with van der Waals surface area (Å²) in [5.74, 6) is 0. The summed E-state index contributed by atoms with van der Waals surface area (Å²) in [7, 11) is 0. The van der Waals surface area contributed by atoms with Crippen LogP contribution in [-0.4, -0.2) is 19.9 Å². The van der Waals surface area contributed by atoms with Crippen molar-refractivity contribution in [3.63, 3.8) is 0 Å². The topological polar surface area (TPSA) is 51.6 Å². The highest BCUT2D eigenvalue weighted by molar-refractivity contribution is 6.34. The average Bonchev–Trinajstić information content (AvgIpc) is 2.04. The smallest absolute Gasteiger partial charge is 0.224 e. The van der Waals surface area contributed by atoms with Crippen LogP contribution in [0.25, 0.3) is 11.0 Å². The van der Waals surface area contributed by atoms with Crippen molar-refractivity contribution in [3.8, 4) is 0 Å². The van der Waals surface area contributed by atoms with Gasteiger partial charge in [-0.2, -0.15) is 4.98 Å². The lowest BCUT2D eigenvalue weighted by atomic mass is 10.4. The van der Waals surface area contributed by atoms with Gasteiger partial charge in [-0.3, -0.25) is 0 Å². The summed E-state index contributed by atoms with van der Waals surface area (Å²) >= 11 is 11.3. The van der Waals surface area contributed by atoms with Gasteiger partial charge in [-0.15, -0.1) is 0 Å². The van der Waals surface area contributed by atoms with Crippen LogP contribution in [-0.2, 0) is 0 Å². The van der Waals surface area contributed by atoms with E-state index in [0.717, 1.165) is 0 Å². The highest BCUT2D eigenvalue weighted by atomic mass is 35.5. The Morgan fingerprint density at radius 3 is 2.75 bits per heavy atom. The lowest BCUT2D eigenvalue weighted by molar-refractivity contribution is 1.13. The van der Waals surface area contributed by atoms with Crippen molar-refractivity contribution in [2.45, 2.75) is 0 Å². The molecule has 0 amide bonds. The maximum absolute atomic E-state index is 5.74. The van der Waals surface area contributed by atoms with Gasteiger partial charge in [0.2, 0.25) is 5.28 Å². The Hall–Kier alpha value is -1.00. The monoisotopic (exact) mass is 200 g/mol. The van der Waals surface area contributed by atoms with Gasteiger partial charge in [-0.1, -0.05) is 11.6 Å². The molecule has 0 unspecified atom stereocenters. The number of aromatic nitrogens is 4. The number of rotatable bonds is 0. The first kappa shape index (κ1) is 7.64. The average molecular weight is 201 g/mol. The molecule has 0 spiro atoms. The van der Waals surface area contributed by atoms with E-state index in [-0.39, 0.29) is 5.28 Å². The highest BCUT2D eigenvalue weighted by Gasteiger charge is 2.02. The zero-order valence-electron chi connectivity index (χ0n) is 5.70.